The van der Waals surface area contributed by atoms with Gasteiger partial charge in [-0.1, -0.05) is 13.8 Å². The number of rotatable bonds is 2. The Hall–Kier alpha value is -1.05. The third kappa shape index (κ3) is 3.37. The second-order valence-corrected chi connectivity index (χ2v) is 2.02. The van der Waals surface area contributed by atoms with Crippen LogP contribution in [0.15, 0.2) is 18.3 Å². The molecular formula is C10H17NO. The second-order valence-electron chi connectivity index (χ2n) is 2.02. The molecule has 1 rings (SSSR count). The first-order valence-corrected chi connectivity index (χ1v) is 4.39. The second kappa shape index (κ2) is 6.65. The lowest BCUT2D eigenvalue weighted by atomic mass is 10.3. The highest BCUT2D eigenvalue weighted by Crippen LogP contribution is 2.12. The molecule has 0 aromatic carbocycles. The van der Waals surface area contributed by atoms with Gasteiger partial charge in [0.25, 0.3) is 0 Å². The lowest BCUT2D eigenvalue weighted by molar-refractivity contribution is 0.336. The maximum absolute atomic E-state index is 5.27. The maximum atomic E-state index is 5.27. The van der Waals surface area contributed by atoms with Gasteiger partial charge in [0.1, 0.15) is 5.75 Å². The van der Waals surface area contributed by atoms with Gasteiger partial charge in [-0.25, -0.2) is 0 Å². The van der Waals surface area contributed by atoms with E-state index in [4.69, 9.17) is 4.74 Å². The van der Waals surface area contributed by atoms with Crippen molar-refractivity contribution in [3.63, 3.8) is 0 Å². The lowest BCUT2D eigenvalue weighted by Gasteiger charge is -2.03. The van der Waals surface area contributed by atoms with Crippen molar-refractivity contribution in [1.29, 1.82) is 0 Å². The number of aryl methyl sites for hydroxylation is 1. The summed E-state index contributed by atoms with van der Waals surface area (Å²) in [6.07, 6.45) is 1.76. The molecule has 1 heterocycles. The van der Waals surface area contributed by atoms with Crippen LogP contribution >= 0.6 is 0 Å². The first-order chi connectivity index (χ1) is 5.84. The average molecular weight is 167 g/mol. The van der Waals surface area contributed by atoms with E-state index in [1.165, 1.54) is 0 Å². The molecule has 0 aliphatic heterocycles. The first kappa shape index (κ1) is 11.0. The minimum Gasteiger partial charge on any atom is -0.492 e. The number of hydrogen-bond donors (Lipinski definition) is 0. The van der Waals surface area contributed by atoms with Crippen LogP contribution in [0.5, 0.6) is 5.75 Å². The number of nitrogens with zero attached hydrogens (tertiary/aromatic N) is 1. The van der Waals surface area contributed by atoms with Gasteiger partial charge in [0.15, 0.2) is 0 Å². The highest BCUT2D eigenvalue weighted by molar-refractivity contribution is 5.24. The molecule has 1 aromatic heterocycles. The van der Waals surface area contributed by atoms with Crippen molar-refractivity contribution >= 4 is 0 Å². The SMILES string of the molecule is CC.CCOc1cccnc1C. The molecule has 2 heteroatoms. The Balaban J connectivity index is 0.000000561. The van der Waals surface area contributed by atoms with Crippen LogP contribution in [0.1, 0.15) is 26.5 Å². The van der Waals surface area contributed by atoms with Crippen molar-refractivity contribution in [1.82, 2.24) is 4.98 Å². The van der Waals surface area contributed by atoms with E-state index < -0.39 is 0 Å². The lowest BCUT2D eigenvalue weighted by Crippen LogP contribution is -1.94. The fourth-order valence-electron chi connectivity index (χ4n) is 0.778. The fourth-order valence-corrected chi connectivity index (χ4v) is 0.778. The third-order valence-electron chi connectivity index (χ3n) is 1.26. The molecule has 2 nitrogen and oxygen atoms in total. The molecule has 0 radical (unpaired) electrons. The largest absolute Gasteiger partial charge is 0.492 e. The van der Waals surface area contributed by atoms with Gasteiger partial charge in [-0.3, -0.25) is 4.98 Å². The summed E-state index contributed by atoms with van der Waals surface area (Å²) in [5.74, 6) is 0.880. The monoisotopic (exact) mass is 167 g/mol. The minimum absolute atomic E-state index is 0.701. The van der Waals surface area contributed by atoms with Gasteiger partial charge in [-0.2, -0.15) is 0 Å². The normalized spacial score (nSPS) is 8.33. The molecule has 0 fully saturated rings. The minimum atomic E-state index is 0.701. The fraction of sp³-hybridized carbons (Fsp3) is 0.500. The van der Waals surface area contributed by atoms with Crippen LogP contribution in [0.25, 0.3) is 0 Å². The summed E-state index contributed by atoms with van der Waals surface area (Å²) < 4.78 is 5.27. The van der Waals surface area contributed by atoms with Crippen molar-refractivity contribution in [2.24, 2.45) is 0 Å². The maximum Gasteiger partial charge on any atom is 0.140 e. The summed E-state index contributed by atoms with van der Waals surface area (Å²) in [5.41, 5.74) is 0.948. The summed E-state index contributed by atoms with van der Waals surface area (Å²) in [6, 6.07) is 3.80. The van der Waals surface area contributed by atoms with E-state index in [2.05, 4.69) is 4.98 Å². The van der Waals surface area contributed by atoms with Gasteiger partial charge < -0.3 is 4.74 Å². The number of pyridine rings is 1. The average Bonchev–Trinajstić information content (AvgIpc) is 2.13. The summed E-state index contributed by atoms with van der Waals surface area (Å²) in [5, 5.41) is 0. The number of ether oxygens (including phenoxy) is 1. The van der Waals surface area contributed by atoms with Crippen LogP contribution in [-0.2, 0) is 0 Å². The Bertz CT molecular complexity index is 211. The molecule has 0 N–H and O–H groups in total. The summed E-state index contributed by atoms with van der Waals surface area (Å²) in [6.45, 7) is 8.60. The van der Waals surface area contributed by atoms with Crippen LogP contribution in [-0.4, -0.2) is 11.6 Å². The van der Waals surface area contributed by atoms with Gasteiger partial charge in [-0.15, -0.1) is 0 Å². The summed E-state index contributed by atoms with van der Waals surface area (Å²) in [7, 11) is 0. The quantitative estimate of drug-likeness (QED) is 0.675. The first-order valence-electron chi connectivity index (χ1n) is 4.39. The van der Waals surface area contributed by atoms with Crippen molar-refractivity contribution in [3.8, 4) is 5.75 Å². The van der Waals surface area contributed by atoms with E-state index in [0.717, 1.165) is 11.4 Å². The molecule has 0 aliphatic rings. The van der Waals surface area contributed by atoms with E-state index >= 15 is 0 Å². The van der Waals surface area contributed by atoms with Gasteiger partial charge in [0.2, 0.25) is 0 Å². The van der Waals surface area contributed by atoms with Crippen molar-refractivity contribution in [2.45, 2.75) is 27.7 Å². The molecule has 0 unspecified atom stereocenters. The number of hydrogen-bond acceptors (Lipinski definition) is 2. The summed E-state index contributed by atoms with van der Waals surface area (Å²) >= 11 is 0. The van der Waals surface area contributed by atoms with Gasteiger partial charge >= 0.3 is 0 Å². The molecule has 0 spiro atoms. The van der Waals surface area contributed by atoms with Crippen molar-refractivity contribution in [2.75, 3.05) is 6.61 Å². The Morgan fingerprint density at radius 2 is 2.08 bits per heavy atom. The molecule has 1 aromatic rings. The zero-order valence-electron chi connectivity index (χ0n) is 8.29. The highest BCUT2D eigenvalue weighted by atomic mass is 16.5. The Kier molecular flexibility index (Phi) is 6.07. The molecule has 0 bridgehead atoms. The predicted octanol–water partition coefficient (Wildman–Crippen LogP) is 2.81. The zero-order valence-corrected chi connectivity index (χ0v) is 8.29. The molecule has 68 valence electrons. The molecule has 0 atom stereocenters. The van der Waals surface area contributed by atoms with Crippen molar-refractivity contribution < 1.29 is 4.74 Å². The smallest absolute Gasteiger partial charge is 0.140 e. The topological polar surface area (TPSA) is 22.1 Å². The van der Waals surface area contributed by atoms with E-state index in [9.17, 15) is 0 Å². The molecule has 0 aliphatic carbocycles. The highest BCUT2D eigenvalue weighted by Gasteiger charge is 1.94. The van der Waals surface area contributed by atoms with Gasteiger partial charge in [0, 0.05) is 6.20 Å². The van der Waals surface area contributed by atoms with Crippen LogP contribution < -0.4 is 4.74 Å². The Labute approximate surface area is 74.6 Å². The standard InChI is InChI=1S/C8H11NO.C2H6/c1-3-10-8-5-4-6-9-7(8)2;1-2/h4-6H,3H2,1-2H3;1-2H3. The zero-order chi connectivity index (χ0) is 9.40. The molecular weight excluding hydrogens is 150 g/mol. The van der Waals surface area contributed by atoms with Gasteiger partial charge in [-0.05, 0) is 26.0 Å². The van der Waals surface area contributed by atoms with Crippen molar-refractivity contribution in [3.05, 3.63) is 24.0 Å². The Morgan fingerprint density at radius 1 is 1.42 bits per heavy atom. The van der Waals surface area contributed by atoms with E-state index in [1.54, 1.807) is 6.20 Å². The molecule has 0 amide bonds. The van der Waals surface area contributed by atoms with Gasteiger partial charge in [0.05, 0.1) is 12.3 Å². The molecule has 0 saturated carbocycles. The summed E-state index contributed by atoms with van der Waals surface area (Å²) in [4.78, 5) is 4.07. The van der Waals surface area contributed by atoms with E-state index in [-0.39, 0.29) is 0 Å². The number of aromatic nitrogens is 1. The third-order valence-corrected chi connectivity index (χ3v) is 1.26. The van der Waals surface area contributed by atoms with E-state index in [1.807, 2.05) is 39.8 Å². The van der Waals surface area contributed by atoms with E-state index in [0.29, 0.717) is 6.61 Å². The van der Waals surface area contributed by atoms with Crippen LogP contribution in [0.4, 0.5) is 0 Å². The van der Waals surface area contributed by atoms with Crippen LogP contribution in [0.3, 0.4) is 0 Å². The van der Waals surface area contributed by atoms with Crippen LogP contribution in [0.2, 0.25) is 0 Å². The Morgan fingerprint density at radius 3 is 2.58 bits per heavy atom. The molecule has 0 saturated heterocycles. The predicted molar refractivity (Wildman–Crippen MR) is 51.5 cm³/mol. The van der Waals surface area contributed by atoms with Crippen LogP contribution in [0, 0.1) is 6.92 Å². The molecule has 12 heavy (non-hydrogen) atoms.